The highest BCUT2D eigenvalue weighted by Crippen LogP contribution is 2.25. The van der Waals surface area contributed by atoms with Crippen LogP contribution in [0.25, 0.3) is 0 Å². The van der Waals surface area contributed by atoms with Crippen molar-refractivity contribution in [3.8, 4) is 0 Å². The lowest BCUT2D eigenvalue weighted by Crippen LogP contribution is -2.11. The Labute approximate surface area is 70.1 Å². The van der Waals surface area contributed by atoms with Gasteiger partial charge in [0.25, 0.3) is 0 Å². The average Bonchev–Trinajstić information content (AvgIpc) is 1.84. The van der Waals surface area contributed by atoms with E-state index in [1.165, 1.54) is 5.57 Å². The molecule has 1 nitrogen and oxygen atoms in total. The van der Waals surface area contributed by atoms with Crippen LogP contribution in [0.2, 0.25) is 0 Å². The van der Waals surface area contributed by atoms with E-state index in [2.05, 4.69) is 33.8 Å². The third kappa shape index (κ3) is 6.11. The fourth-order valence-electron chi connectivity index (χ4n) is 0.885. The number of allylic oxidation sites excluding steroid dienone is 2. The molecule has 0 saturated heterocycles. The van der Waals surface area contributed by atoms with E-state index in [-0.39, 0.29) is 5.41 Å². The van der Waals surface area contributed by atoms with E-state index in [0.717, 1.165) is 12.8 Å². The third-order valence-electron chi connectivity index (χ3n) is 1.85. The van der Waals surface area contributed by atoms with Gasteiger partial charge in [-0.15, -0.1) is 0 Å². The van der Waals surface area contributed by atoms with Crippen LogP contribution in [0.5, 0.6) is 0 Å². The minimum Gasteiger partial charge on any atom is -0.396 e. The van der Waals surface area contributed by atoms with Crippen LogP contribution < -0.4 is 0 Å². The molecule has 0 rings (SSSR count). The fourth-order valence-corrected chi connectivity index (χ4v) is 0.885. The summed E-state index contributed by atoms with van der Waals surface area (Å²) in [6, 6.07) is 0. The molecule has 0 atom stereocenters. The van der Waals surface area contributed by atoms with Gasteiger partial charge in [0.2, 0.25) is 0 Å². The Morgan fingerprint density at radius 3 is 2.27 bits per heavy atom. The minimum absolute atomic E-state index is 0.256. The monoisotopic (exact) mass is 156 g/mol. The Hall–Kier alpha value is -0.300. The Balaban J connectivity index is 3.81. The summed E-state index contributed by atoms with van der Waals surface area (Å²) in [5, 5.41) is 8.75. The first-order chi connectivity index (χ1) is 4.98. The lowest BCUT2D eigenvalue weighted by molar-refractivity contribution is 0.213. The largest absolute Gasteiger partial charge is 0.396 e. The van der Waals surface area contributed by atoms with Gasteiger partial charge in [-0.25, -0.2) is 0 Å². The topological polar surface area (TPSA) is 20.2 Å². The lowest BCUT2D eigenvalue weighted by atomic mass is 9.85. The summed E-state index contributed by atoms with van der Waals surface area (Å²) in [4.78, 5) is 0. The Morgan fingerprint density at radius 1 is 1.36 bits per heavy atom. The zero-order valence-corrected chi connectivity index (χ0v) is 8.15. The zero-order chi connectivity index (χ0) is 8.91. The van der Waals surface area contributed by atoms with Gasteiger partial charge in [-0.05, 0) is 32.1 Å². The maximum Gasteiger partial charge on any atom is 0.0436 e. The Morgan fingerprint density at radius 2 is 1.91 bits per heavy atom. The maximum absolute atomic E-state index is 8.75. The molecule has 0 unspecified atom stereocenters. The van der Waals surface area contributed by atoms with Gasteiger partial charge < -0.3 is 5.11 Å². The van der Waals surface area contributed by atoms with Crippen molar-refractivity contribution in [2.75, 3.05) is 6.61 Å². The van der Waals surface area contributed by atoms with E-state index in [1.807, 2.05) is 0 Å². The summed E-state index contributed by atoms with van der Waals surface area (Å²) >= 11 is 0. The van der Waals surface area contributed by atoms with Gasteiger partial charge in [0, 0.05) is 6.61 Å². The number of hydrogen-bond acceptors (Lipinski definition) is 1. The van der Waals surface area contributed by atoms with Gasteiger partial charge >= 0.3 is 0 Å². The van der Waals surface area contributed by atoms with E-state index in [4.69, 9.17) is 5.11 Å². The second-order valence-corrected chi connectivity index (χ2v) is 4.12. The number of aliphatic hydroxyl groups excluding tert-OH is 1. The predicted octanol–water partition coefficient (Wildman–Crippen LogP) is 2.75. The van der Waals surface area contributed by atoms with E-state index in [1.54, 1.807) is 0 Å². The van der Waals surface area contributed by atoms with Gasteiger partial charge in [0.05, 0.1) is 0 Å². The van der Waals surface area contributed by atoms with E-state index < -0.39 is 0 Å². The standard InChI is InChI=1S/C10H20O/c1-9(2)5-6-10(3,4)7-8-11/h5,11H,6-8H2,1-4H3. The van der Waals surface area contributed by atoms with Crippen molar-refractivity contribution >= 4 is 0 Å². The quantitative estimate of drug-likeness (QED) is 0.620. The molecular formula is C10H20O. The van der Waals surface area contributed by atoms with Crippen molar-refractivity contribution < 1.29 is 5.11 Å². The number of hydrogen-bond donors (Lipinski definition) is 1. The van der Waals surface area contributed by atoms with Gasteiger partial charge in [-0.3, -0.25) is 0 Å². The summed E-state index contributed by atoms with van der Waals surface area (Å²) in [7, 11) is 0. The molecule has 1 heteroatoms. The SMILES string of the molecule is CC(C)=CCC(C)(C)CCO. The predicted molar refractivity (Wildman–Crippen MR) is 49.5 cm³/mol. The van der Waals surface area contributed by atoms with Crippen molar-refractivity contribution in [1.82, 2.24) is 0 Å². The second-order valence-electron chi connectivity index (χ2n) is 4.12. The van der Waals surface area contributed by atoms with Crippen LogP contribution in [-0.4, -0.2) is 11.7 Å². The fraction of sp³-hybridized carbons (Fsp3) is 0.800. The first-order valence-electron chi connectivity index (χ1n) is 4.22. The molecule has 0 aromatic carbocycles. The molecule has 0 amide bonds. The highest BCUT2D eigenvalue weighted by molar-refractivity contribution is 4.95. The van der Waals surface area contributed by atoms with Crippen LogP contribution in [0.4, 0.5) is 0 Å². The van der Waals surface area contributed by atoms with Crippen molar-refractivity contribution in [3.05, 3.63) is 11.6 Å². The van der Waals surface area contributed by atoms with Gasteiger partial charge in [0.1, 0.15) is 0 Å². The van der Waals surface area contributed by atoms with Crippen molar-refractivity contribution in [2.45, 2.75) is 40.5 Å². The zero-order valence-electron chi connectivity index (χ0n) is 8.15. The van der Waals surface area contributed by atoms with Crippen LogP contribution in [0.15, 0.2) is 11.6 Å². The van der Waals surface area contributed by atoms with Crippen LogP contribution in [0, 0.1) is 5.41 Å². The number of rotatable bonds is 4. The summed E-state index contributed by atoms with van der Waals surface area (Å²) < 4.78 is 0. The van der Waals surface area contributed by atoms with Crippen LogP contribution >= 0.6 is 0 Å². The summed E-state index contributed by atoms with van der Waals surface area (Å²) in [5.41, 5.74) is 1.61. The normalized spacial score (nSPS) is 11.4. The first-order valence-corrected chi connectivity index (χ1v) is 4.22. The Bertz CT molecular complexity index is 130. The van der Waals surface area contributed by atoms with Crippen LogP contribution in [-0.2, 0) is 0 Å². The highest BCUT2D eigenvalue weighted by Gasteiger charge is 2.14. The van der Waals surface area contributed by atoms with Crippen LogP contribution in [0.1, 0.15) is 40.5 Å². The maximum atomic E-state index is 8.75. The molecular weight excluding hydrogens is 136 g/mol. The molecule has 0 aromatic heterocycles. The van der Waals surface area contributed by atoms with Crippen molar-refractivity contribution in [1.29, 1.82) is 0 Å². The van der Waals surface area contributed by atoms with Crippen LogP contribution in [0.3, 0.4) is 0 Å². The molecule has 0 saturated carbocycles. The first kappa shape index (κ1) is 10.7. The molecule has 0 aliphatic heterocycles. The molecule has 0 bridgehead atoms. The van der Waals surface area contributed by atoms with Crippen molar-refractivity contribution in [3.63, 3.8) is 0 Å². The summed E-state index contributed by atoms with van der Waals surface area (Å²) in [6.07, 6.45) is 4.18. The molecule has 0 radical (unpaired) electrons. The summed E-state index contributed by atoms with van der Waals surface area (Å²) in [5.74, 6) is 0. The molecule has 0 spiro atoms. The molecule has 66 valence electrons. The molecule has 0 aliphatic rings. The molecule has 1 N–H and O–H groups in total. The molecule has 0 aliphatic carbocycles. The molecule has 0 heterocycles. The highest BCUT2D eigenvalue weighted by atomic mass is 16.3. The summed E-state index contributed by atoms with van der Waals surface area (Å²) in [6.45, 7) is 8.87. The minimum atomic E-state index is 0.256. The van der Waals surface area contributed by atoms with Gasteiger partial charge in [0.15, 0.2) is 0 Å². The second kappa shape index (κ2) is 4.55. The molecule has 0 aromatic rings. The van der Waals surface area contributed by atoms with E-state index in [9.17, 15) is 0 Å². The smallest absolute Gasteiger partial charge is 0.0436 e. The van der Waals surface area contributed by atoms with Crippen molar-refractivity contribution in [2.24, 2.45) is 5.41 Å². The number of aliphatic hydroxyl groups is 1. The van der Waals surface area contributed by atoms with Gasteiger partial charge in [-0.2, -0.15) is 0 Å². The average molecular weight is 156 g/mol. The van der Waals surface area contributed by atoms with Gasteiger partial charge in [-0.1, -0.05) is 25.5 Å². The molecule has 0 fully saturated rings. The Kier molecular flexibility index (Phi) is 4.43. The third-order valence-corrected chi connectivity index (χ3v) is 1.85. The van der Waals surface area contributed by atoms with E-state index in [0.29, 0.717) is 6.61 Å². The lowest BCUT2D eigenvalue weighted by Gasteiger charge is -2.21. The molecule has 11 heavy (non-hydrogen) atoms. The van der Waals surface area contributed by atoms with E-state index >= 15 is 0 Å².